The van der Waals surface area contributed by atoms with E-state index in [9.17, 15) is 35.6 Å². The van der Waals surface area contributed by atoms with Gasteiger partial charge in [-0.3, -0.25) is 9.59 Å². The van der Waals surface area contributed by atoms with Crippen LogP contribution in [0.3, 0.4) is 0 Å². The number of carbonyl (C=O) groups is 2. The number of amides is 2. The Kier molecular flexibility index (Phi) is 7.18. The maximum absolute atomic E-state index is 15.4. The molecule has 0 spiro atoms. The molecule has 1 N–H and O–H groups in total. The van der Waals surface area contributed by atoms with E-state index in [-0.39, 0.29) is 42.2 Å². The monoisotopic (exact) mass is 585 g/mol. The van der Waals surface area contributed by atoms with Crippen molar-refractivity contribution in [1.82, 2.24) is 14.5 Å². The molecule has 3 fully saturated rings. The van der Waals surface area contributed by atoms with Gasteiger partial charge in [0.05, 0.1) is 31.0 Å². The van der Waals surface area contributed by atoms with Crippen molar-refractivity contribution in [3.8, 4) is 0 Å². The molecule has 0 unspecified atom stereocenters. The first-order valence-electron chi connectivity index (χ1n) is 12.9. The van der Waals surface area contributed by atoms with E-state index in [1.54, 1.807) is 0 Å². The maximum Gasteiger partial charge on any atom is 0.416 e. The molecule has 13 heteroatoms. The van der Waals surface area contributed by atoms with Gasteiger partial charge in [-0.25, -0.2) is 17.2 Å². The second-order valence-corrected chi connectivity index (χ2v) is 12.8. The molecule has 2 aliphatic heterocycles. The second kappa shape index (κ2) is 10.1. The molecule has 2 saturated heterocycles. The maximum atomic E-state index is 15.4. The van der Waals surface area contributed by atoms with Crippen LogP contribution in [0.1, 0.15) is 58.8 Å². The largest absolute Gasteiger partial charge is 0.416 e. The van der Waals surface area contributed by atoms with E-state index in [4.69, 9.17) is 0 Å². The zero-order valence-corrected chi connectivity index (χ0v) is 22.4. The van der Waals surface area contributed by atoms with Crippen LogP contribution >= 0.6 is 0 Å². The number of carbonyl (C=O) groups excluding carboxylic acids is 2. The minimum atomic E-state index is -4.70. The molecule has 216 valence electrons. The summed E-state index contributed by atoms with van der Waals surface area (Å²) in [7, 11) is -3.54. The Hall–Kier alpha value is -3.06. The number of likely N-dealkylation sites (tertiary alicyclic amines) is 1. The molecule has 0 radical (unpaired) electrons. The van der Waals surface area contributed by atoms with Gasteiger partial charge in [-0.15, -0.1) is 0 Å². The lowest BCUT2D eigenvalue weighted by molar-refractivity contribution is -0.137. The number of benzene rings is 2. The SMILES string of the molecule is CS(=O)(=O)N1CC(F)(c2cccc(C(=O)N3CCC[C@@H]3C(=O)N[C@@H](c3ccc(C(F)(F)F)cc3F)C3CC3)c2)C1. The molecule has 0 bridgehead atoms. The number of sulfonamides is 1. The molecular formula is C27H28F5N3O4S. The molecule has 1 saturated carbocycles. The average Bonchev–Trinajstić information content (AvgIpc) is 3.59. The predicted molar refractivity (Wildman–Crippen MR) is 135 cm³/mol. The number of hydrogen-bond donors (Lipinski definition) is 1. The Balaban J connectivity index is 1.31. The standard InChI is InChI=1S/C27H28F5N3O4S/c1-40(38,39)34-14-26(29,15-34)18-5-2-4-17(12-18)25(37)35-11-3-6-22(35)24(36)33-23(16-7-8-16)20-10-9-19(13-21(20)28)27(30,31)32/h2,4-5,9-10,12-13,16,22-23H,3,6-8,11,14-15H2,1H3,(H,33,36)/t22-,23-/m1/s1. The highest BCUT2D eigenvalue weighted by atomic mass is 32.2. The van der Waals surface area contributed by atoms with Crippen molar-refractivity contribution in [2.45, 2.75) is 49.6 Å². The first-order valence-corrected chi connectivity index (χ1v) is 14.7. The molecule has 7 nitrogen and oxygen atoms in total. The number of nitrogens with zero attached hydrogens (tertiary/aromatic N) is 2. The molecule has 5 rings (SSSR count). The minimum absolute atomic E-state index is 0.0377. The summed E-state index contributed by atoms with van der Waals surface area (Å²) in [6.07, 6.45) is -1.51. The van der Waals surface area contributed by atoms with Gasteiger partial charge < -0.3 is 10.2 Å². The van der Waals surface area contributed by atoms with Crippen LogP contribution in [-0.4, -0.2) is 61.4 Å². The lowest BCUT2D eigenvalue weighted by Gasteiger charge is -2.43. The van der Waals surface area contributed by atoms with Gasteiger partial charge >= 0.3 is 6.18 Å². The smallest absolute Gasteiger partial charge is 0.347 e. The second-order valence-electron chi connectivity index (χ2n) is 10.8. The van der Waals surface area contributed by atoms with Gasteiger partial charge in [0, 0.05) is 17.7 Å². The van der Waals surface area contributed by atoms with Gasteiger partial charge in [0.15, 0.2) is 5.67 Å². The molecule has 3 aliphatic rings. The molecule has 2 amide bonds. The number of halogens is 5. The fourth-order valence-electron chi connectivity index (χ4n) is 5.39. The van der Waals surface area contributed by atoms with Crippen molar-refractivity contribution in [2.24, 2.45) is 5.92 Å². The van der Waals surface area contributed by atoms with E-state index in [1.807, 2.05) is 0 Å². The Morgan fingerprint density at radius 1 is 1.07 bits per heavy atom. The first kappa shape index (κ1) is 28.5. The van der Waals surface area contributed by atoms with Crippen LogP contribution in [0, 0.1) is 11.7 Å². The third-order valence-corrected chi connectivity index (χ3v) is 9.02. The predicted octanol–water partition coefficient (Wildman–Crippen LogP) is 4.16. The van der Waals surface area contributed by atoms with Gasteiger partial charge in [-0.05, 0) is 61.4 Å². The van der Waals surface area contributed by atoms with Crippen molar-refractivity contribution in [3.05, 3.63) is 70.5 Å². The molecule has 0 aromatic heterocycles. The summed E-state index contributed by atoms with van der Waals surface area (Å²) in [5.74, 6) is -2.24. The van der Waals surface area contributed by atoms with Crippen molar-refractivity contribution >= 4 is 21.8 Å². The van der Waals surface area contributed by atoms with Crippen LogP contribution in [0.4, 0.5) is 22.0 Å². The van der Waals surface area contributed by atoms with Crippen LogP contribution in [0.2, 0.25) is 0 Å². The summed E-state index contributed by atoms with van der Waals surface area (Å²) >= 11 is 0. The summed E-state index contributed by atoms with van der Waals surface area (Å²) in [4.78, 5) is 28.1. The summed E-state index contributed by atoms with van der Waals surface area (Å²) in [6.45, 7) is -0.463. The van der Waals surface area contributed by atoms with Gasteiger partial charge in [0.25, 0.3) is 5.91 Å². The minimum Gasteiger partial charge on any atom is -0.347 e. The lowest BCUT2D eigenvalue weighted by atomic mass is 9.89. The van der Waals surface area contributed by atoms with Crippen molar-refractivity contribution in [2.75, 3.05) is 25.9 Å². The summed E-state index contributed by atoms with van der Waals surface area (Å²) in [6, 6.07) is 6.34. The molecular weight excluding hydrogens is 557 g/mol. The van der Waals surface area contributed by atoms with Crippen molar-refractivity contribution < 1.29 is 40.0 Å². The lowest BCUT2D eigenvalue weighted by Crippen LogP contribution is -2.58. The van der Waals surface area contributed by atoms with Crippen LogP contribution in [0.15, 0.2) is 42.5 Å². The molecule has 2 atom stereocenters. The Morgan fingerprint density at radius 2 is 1.77 bits per heavy atom. The van der Waals surface area contributed by atoms with E-state index in [1.165, 1.54) is 29.2 Å². The van der Waals surface area contributed by atoms with Gasteiger partial charge in [0.2, 0.25) is 15.9 Å². The van der Waals surface area contributed by atoms with E-state index >= 15 is 4.39 Å². The Bertz CT molecular complexity index is 1440. The Morgan fingerprint density at radius 3 is 2.38 bits per heavy atom. The quantitative estimate of drug-likeness (QED) is 0.495. The van der Waals surface area contributed by atoms with Crippen molar-refractivity contribution in [3.63, 3.8) is 0 Å². The fourth-order valence-corrected chi connectivity index (χ4v) is 6.27. The Labute approximate surface area is 228 Å². The first-order chi connectivity index (χ1) is 18.7. The normalized spacial score (nSPS) is 22.1. The average molecular weight is 586 g/mol. The van der Waals surface area contributed by atoms with Gasteiger partial charge in [-0.2, -0.15) is 17.5 Å². The third kappa shape index (κ3) is 5.58. The summed E-state index contributed by atoms with van der Waals surface area (Å²) in [5.41, 5.74) is -2.80. The van der Waals surface area contributed by atoms with Gasteiger partial charge in [0.1, 0.15) is 11.9 Å². The number of rotatable bonds is 7. The molecule has 2 heterocycles. The van der Waals surface area contributed by atoms with Crippen LogP contribution < -0.4 is 5.32 Å². The van der Waals surface area contributed by atoms with Crippen LogP contribution in [0.5, 0.6) is 0 Å². The number of nitrogens with one attached hydrogen (secondary N) is 1. The number of alkyl halides is 4. The molecule has 2 aromatic carbocycles. The summed E-state index contributed by atoms with van der Waals surface area (Å²) < 4.78 is 93.4. The van der Waals surface area contributed by atoms with Crippen LogP contribution in [-0.2, 0) is 26.7 Å². The zero-order chi connectivity index (χ0) is 29.0. The van der Waals surface area contributed by atoms with E-state index in [0.717, 1.165) is 22.7 Å². The van der Waals surface area contributed by atoms with E-state index in [2.05, 4.69) is 5.32 Å². The topological polar surface area (TPSA) is 86.8 Å². The van der Waals surface area contributed by atoms with Gasteiger partial charge in [-0.1, -0.05) is 18.2 Å². The van der Waals surface area contributed by atoms with E-state index in [0.29, 0.717) is 31.7 Å². The zero-order valence-electron chi connectivity index (χ0n) is 21.5. The summed E-state index contributed by atoms with van der Waals surface area (Å²) in [5, 5.41) is 2.77. The number of hydrogen-bond acceptors (Lipinski definition) is 4. The highest BCUT2D eigenvalue weighted by Crippen LogP contribution is 2.43. The van der Waals surface area contributed by atoms with Crippen LogP contribution in [0.25, 0.3) is 0 Å². The molecule has 40 heavy (non-hydrogen) atoms. The highest BCUT2D eigenvalue weighted by molar-refractivity contribution is 7.88. The van der Waals surface area contributed by atoms with Crippen molar-refractivity contribution in [1.29, 1.82) is 0 Å². The van der Waals surface area contributed by atoms with E-state index < -0.39 is 57.1 Å². The third-order valence-electron chi connectivity index (χ3n) is 7.82. The highest BCUT2D eigenvalue weighted by Gasteiger charge is 2.49. The molecule has 1 aliphatic carbocycles. The molecule has 2 aromatic rings. The fraction of sp³-hybridized carbons (Fsp3) is 0.481.